The Bertz CT molecular complexity index is 881. The Morgan fingerprint density at radius 3 is 1.85 bits per heavy atom. The molecule has 0 unspecified atom stereocenters. The Labute approximate surface area is 176 Å². The Morgan fingerprint density at radius 2 is 1.26 bits per heavy atom. The molecule has 3 aromatic carbocycles. The quantitative estimate of drug-likeness (QED) is 0.466. The number of nitrogens with one attached hydrogen (secondary N) is 1. The second-order valence-corrected chi connectivity index (χ2v) is 8.87. The molecule has 4 rings (SSSR count). The summed E-state index contributed by atoms with van der Waals surface area (Å²) in [6.45, 7) is 0. The molecule has 1 aliphatic rings. The van der Waals surface area contributed by atoms with Gasteiger partial charge in [0.25, 0.3) is 0 Å². The van der Waals surface area contributed by atoms with Crippen molar-refractivity contribution in [1.82, 2.24) is 5.32 Å². The average molecular weight is 487 g/mol. The molecule has 1 saturated heterocycles. The molecule has 2 nitrogen and oxygen atoms in total. The highest BCUT2D eigenvalue weighted by Crippen LogP contribution is 2.43. The van der Waals surface area contributed by atoms with Gasteiger partial charge in [0.2, 0.25) is 0 Å². The smallest absolute Gasteiger partial charge is 0.0645 e. The summed E-state index contributed by atoms with van der Waals surface area (Å²) >= 11 is 7.03. The van der Waals surface area contributed by atoms with E-state index in [0.717, 1.165) is 8.95 Å². The van der Waals surface area contributed by atoms with Gasteiger partial charge in [0.1, 0.15) is 0 Å². The Kier molecular flexibility index (Phi) is 5.79. The Morgan fingerprint density at radius 1 is 0.704 bits per heavy atom. The topological polar surface area (TPSA) is 32.3 Å². The van der Waals surface area contributed by atoms with Gasteiger partial charge in [-0.2, -0.15) is 0 Å². The number of halogens is 2. The van der Waals surface area contributed by atoms with Crippen LogP contribution in [0.25, 0.3) is 0 Å². The highest BCUT2D eigenvalue weighted by molar-refractivity contribution is 9.10. The predicted molar refractivity (Wildman–Crippen MR) is 117 cm³/mol. The summed E-state index contributed by atoms with van der Waals surface area (Å²) < 4.78 is 2.12. The highest BCUT2D eigenvalue weighted by atomic mass is 79.9. The maximum absolute atomic E-state index is 11.1. The first kappa shape index (κ1) is 18.9. The molecule has 0 amide bonds. The zero-order chi connectivity index (χ0) is 18.8. The molecule has 0 saturated carbocycles. The number of piperidine rings is 1. The molecule has 3 aromatic rings. The molecular weight excluding hydrogens is 466 g/mol. The number of benzene rings is 3. The van der Waals surface area contributed by atoms with E-state index in [2.05, 4.69) is 97.8 Å². The average Bonchev–Trinajstić information content (AvgIpc) is 2.69. The molecule has 138 valence electrons. The van der Waals surface area contributed by atoms with Gasteiger partial charge in [-0.15, -0.1) is 0 Å². The normalized spacial score (nSPS) is 25.3. The maximum Gasteiger partial charge on any atom is 0.0645 e. The minimum absolute atomic E-state index is 0.0130. The van der Waals surface area contributed by atoms with E-state index in [1.54, 1.807) is 0 Å². The van der Waals surface area contributed by atoms with Crippen LogP contribution in [0.4, 0.5) is 0 Å². The minimum Gasteiger partial charge on any atom is -0.392 e. The van der Waals surface area contributed by atoms with Crippen molar-refractivity contribution < 1.29 is 5.11 Å². The van der Waals surface area contributed by atoms with Gasteiger partial charge in [0.15, 0.2) is 0 Å². The molecule has 1 heterocycles. The van der Waals surface area contributed by atoms with Crippen molar-refractivity contribution in [1.29, 1.82) is 0 Å². The van der Waals surface area contributed by atoms with Crippen LogP contribution in [0.3, 0.4) is 0 Å². The molecule has 4 atom stereocenters. The van der Waals surface area contributed by atoms with Crippen LogP contribution in [0.5, 0.6) is 0 Å². The lowest BCUT2D eigenvalue weighted by Crippen LogP contribution is -2.43. The van der Waals surface area contributed by atoms with E-state index >= 15 is 0 Å². The molecule has 0 bridgehead atoms. The fraction of sp³-hybridized carbons (Fsp3) is 0.217. The van der Waals surface area contributed by atoms with Crippen LogP contribution in [-0.4, -0.2) is 11.2 Å². The lowest BCUT2D eigenvalue weighted by molar-refractivity contribution is 0.0681. The van der Waals surface area contributed by atoms with Gasteiger partial charge in [-0.1, -0.05) is 86.5 Å². The van der Waals surface area contributed by atoms with Crippen LogP contribution in [0.1, 0.15) is 41.1 Å². The van der Waals surface area contributed by atoms with E-state index < -0.39 is 6.10 Å². The van der Waals surface area contributed by atoms with Crippen molar-refractivity contribution in [2.45, 2.75) is 30.5 Å². The lowest BCUT2D eigenvalue weighted by Gasteiger charge is -2.42. The van der Waals surface area contributed by atoms with Gasteiger partial charge in [-0.05, 0) is 47.4 Å². The number of hydrogen-bond acceptors (Lipinski definition) is 2. The van der Waals surface area contributed by atoms with Crippen molar-refractivity contribution >= 4 is 31.9 Å². The second kappa shape index (κ2) is 8.27. The minimum atomic E-state index is -0.420. The third kappa shape index (κ3) is 4.19. The summed E-state index contributed by atoms with van der Waals surface area (Å²) in [4.78, 5) is 0. The lowest BCUT2D eigenvalue weighted by atomic mass is 9.76. The fourth-order valence-electron chi connectivity index (χ4n) is 3.99. The standard InChI is InChI=1S/C23H21Br2NO/c24-18-10-6-15(7-11-18)20-14-21(27)22(16-4-2-1-3-5-16)23(26-20)17-8-12-19(25)13-9-17/h1-13,20-23,26-27H,14H2/t20-,21+,22-,23+/m1/s1. The number of aliphatic hydroxyl groups excluding tert-OH is 1. The molecule has 0 spiro atoms. The molecule has 1 aliphatic heterocycles. The Balaban J connectivity index is 1.71. The molecule has 0 aromatic heterocycles. The number of rotatable bonds is 3. The summed E-state index contributed by atoms with van der Waals surface area (Å²) in [7, 11) is 0. The second-order valence-electron chi connectivity index (χ2n) is 7.04. The zero-order valence-electron chi connectivity index (χ0n) is 14.7. The van der Waals surface area contributed by atoms with Gasteiger partial charge in [-0.25, -0.2) is 0 Å². The summed E-state index contributed by atoms with van der Waals surface area (Å²) in [6.07, 6.45) is 0.268. The molecule has 27 heavy (non-hydrogen) atoms. The molecule has 4 heteroatoms. The van der Waals surface area contributed by atoms with Crippen LogP contribution < -0.4 is 5.32 Å². The first-order chi connectivity index (χ1) is 13.1. The molecule has 0 aliphatic carbocycles. The Hall–Kier alpha value is -1.46. The predicted octanol–water partition coefficient (Wildman–Crippen LogP) is 6.13. The first-order valence-corrected chi connectivity index (χ1v) is 10.7. The molecule has 0 radical (unpaired) electrons. The van der Waals surface area contributed by atoms with Gasteiger partial charge in [0.05, 0.1) is 6.10 Å². The monoisotopic (exact) mass is 485 g/mol. The third-order valence-electron chi connectivity index (χ3n) is 5.32. The molecule has 2 N–H and O–H groups in total. The third-order valence-corrected chi connectivity index (χ3v) is 6.37. The van der Waals surface area contributed by atoms with Crippen LogP contribution in [0.2, 0.25) is 0 Å². The highest BCUT2D eigenvalue weighted by Gasteiger charge is 2.38. The fourth-order valence-corrected chi connectivity index (χ4v) is 4.52. The van der Waals surface area contributed by atoms with Crippen molar-refractivity contribution in [2.24, 2.45) is 0 Å². The van der Waals surface area contributed by atoms with Crippen molar-refractivity contribution in [3.8, 4) is 0 Å². The van der Waals surface area contributed by atoms with E-state index in [1.807, 2.05) is 18.2 Å². The van der Waals surface area contributed by atoms with Gasteiger partial charge in [-0.3, -0.25) is 0 Å². The van der Waals surface area contributed by atoms with Crippen LogP contribution in [0.15, 0.2) is 87.8 Å². The van der Waals surface area contributed by atoms with Crippen molar-refractivity contribution in [2.75, 3.05) is 0 Å². The zero-order valence-corrected chi connectivity index (χ0v) is 17.9. The first-order valence-electron chi connectivity index (χ1n) is 9.12. The van der Waals surface area contributed by atoms with Crippen molar-refractivity contribution in [3.63, 3.8) is 0 Å². The van der Waals surface area contributed by atoms with E-state index in [0.29, 0.717) is 6.42 Å². The number of hydrogen-bond donors (Lipinski definition) is 2. The number of aliphatic hydroxyl groups is 1. The molecule has 1 fully saturated rings. The van der Waals surface area contributed by atoms with E-state index in [9.17, 15) is 5.11 Å². The van der Waals surface area contributed by atoms with Gasteiger partial charge < -0.3 is 10.4 Å². The summed E-state index contributed by atoms with van der Waals surface area (Å²) in [5.41, 5.74) is 3.55. The van der Waals surface area contributed by atoms with Crippen molar-refractivity contribution in [3.05, 3.63) is 104 Å². The van der Waals surface area contributed by atoms with E-state index in [4.69, 9.17) is 0 Å². The summed E-state index contributed by atoms with van der Waals surface area (Å²) in [6, 6.07) is 27.2. The maximum atomic E-state index is 11.1. The van der Waals surface area contributed by atoms with E-state index in [1.165, 1.54) is 16.7 Å². The summed E-state index contributed by atoms with van der Waals surface area (Å²) in [5, 5.41) is 14.9. The largest absolute Gasteiger partial charge is 0.392 e. The van der Waals surface area contributed by atoms with Gasteiger partial charge >= 0.3 is 0 Å². The van der Waals surface area contributed by atoms with E-state index in [-0.39, 0.29) is 18.0 Å². The summed E-state index contributed by atoms with van der Waals surface area (Å²) in [5.74, 6) is 0.0130. The van der Waals surface area contributed by atoms with Gasteiger partial charge in [0, 0.05) is 26.9 Å². The van der Waals surface area contributed by atoms with Crippen LogP contribution >= 0.6 is 31.9 Å². The SMILES string of the molecule is O[C@H]1C[C@H](c2ccc(Br)cc2)N[C@@H](c2ccc(Br)cc2)[C@@H]1c1ccccc1. The van der Waals surface area contributed by atoms with Crippen LogP contribution in [0, 0.1) is 0 Å². The molecular formula is C23H21Br2NO. The van der Waals surface area contributed by atoms with Crippen LogP contribution in [-0.2, 0) is 0 Å².